The minimum atomic E-state index is -1.88. The Labute approximate surface area is 200 Å². The van der Waals surface area contributed by atoms with E-state index in [1.165, 1.54) is 25.7 Å². The molecule has 1 saturated carbocycles. The highest BCUT2D eigenvalue weighted by atomic mass is 19.1. The maximum absolute atomic E-state index is 16.6. The van der Waals surface area contributed by atoms with E-state index in [-0.39, 0.29) is 12.8 Å². The molecule has 0 aromatic heterocycles. The second-order valence-electron chi connectivity index (χ2n) is 9.83. The Kier molecular flexibility index (Phi) is 7.08. The molecule has 34 heavy (non-hydrogen) atoms. The molecule has 2 aromatic carbocycles. The molecule has 2 aliphatic rings. The first kappa shape index (κ1) is 24.4. The topological polar surface area (TPSA) is 86.6 Å². The minimum absolute atomic E-state index is 0.00446. The van der Waals surface area contributed by atoms with Gasteiger partial charge in [0.1, 0.15) is 0 Å². The van der Waals surface area contributed by atoms with Gasteiger partial charge in [-0.2, -0.15) is 0 Å². The van der Waals surface area contributed by atoms with Crippen molar-refractivity contribution in [1.82, 2.24) is 5.32 Å². The van der Waals surface area contributed by atoms with E-state index in [0.717, 1.165) is 36.0 Å². The molecule has 2 unspecified atom stereocenters. The van der Waals surface area contributed by atoms with Crippen LogP contribution < -0.4 is 5.32 Å². The van der Waals surface area contributed by atoms with Crippen LogP contribution in [0.2, 0.25) is 0 Å². The summed E-state index contributed by atoms with van der Waals surface area (Å²) in [6.07, 6.45) is 7.97. The smallest absolute Gasteiger partial charge is 0.321 e. The first-order chi connectivity index (χ1) is 16.3. The molecule has 0 amide bonds. The zero-order chi connectivity index (χ0) is 24.3. The van der Waals surface area contributed by atoms with Crippen molar-refractivity contribution < 1.29 is 24.2 Å². The number of alkyl halides is 1. The summed E-state index contributed by atoms with van der Waals surface area (Å²) in [5, 5.41) is 22.2. The van der Waals surface area contributed by atoms with Crippen molar-refractivity contribution in [1.29, 1.82) is 0 Å². The second kappa shape index (κ2) is 9.87. The zero-order valence-electron chi connectivity index (χ0n) is 19.8. The first-order valence-corrected chi connectivity index (χ1v) is 12.5. The summed E-state index contributed by atoms with van der Waals surface area (Å²) in [5.74, 6) is -4.58. The Morgan fingerprint density at radius 1 is 1.00 bits per heavy atom. The number of hydrogen-bond acceptors (Lipinski definition) is 3. The maximum atomic E-state index is 16.6. The lowest BCUT2D eigenvalue weighted by Gasteiger charge is -2.44. The number of rotatable bonds is 12. The van der Waals surface area contributed by atoms with E-state index in [0.29, 0.717) is 17.5 Å². The van der Waals surface area contributed by atoms with Crippen LogP contribution in [0.5, 0.6) is 0 Å². The van der Waals surface area contributed by atoms with Crippen molar-refractivity contribution in [2.75, 3.05) is 0 Å². The fourth-order valence-electron chi connectivity index (χ4n) is 5.72. The fourth-order valence-corrected chi connectivity index (χ4v) is 5.72. The Morgan fingerprint density at radius 2 is 1.68 bits per heavy atom. The van der Waals surface area contributed by atoms with Gasteiger partial charge < -0.3 is 10.2 Å². The van der Waals surface area contributed by atoms with E-state index in [9.17, 15) is 19.8 Å². The van der Waals surface area contributed by atoms with Crippen LogP contribution in [-0.4, -0.2) is 28.2 Å². The number of nitrogens with one attached hydrogen (secondary N) is 1. The molecule has 2 aliphatic carbocycles. The van der Waals surface area contributed by atoms with E-state index >= 15 is 4.39 Å². The number of aryl methyl sites for hydroxylation is 1. The average molecular weight is 468 g/mol. The molecule has 5 nitrogen and oxygen atoms in total. The number of carbonyl (C=O) groups is 2. The molecule has 6 heteroatoms. The predicted molar refractivity (Wildman–Crippen MR) is 129 cm³/mol. The van der Waals surface area contributed by atoms with Crippen LogP contribution in [0.15, 0.2) is 42.5 Å². The van der Waals surface area contributed by atoms with E-state index in [4.69, 9.17) is 0 Å². The average Bonchev–Trinajstić information content (AvgIpc) is 3.27. The molecule has 3 N–H and O–H groups in total. The molecule has 1 fully saturated rings. The zero-order valence-corrected chi connectivity index (χ0v) is 19.8. The lowest BCUT2D eigenvalue weighted by molar-refractivity contribution is -0.164. The van der Waals surface area contributed by atoms with Crippen LogP contribution in [0.1, 0.15) is 81.4 Å². The number of hydrogen-bond donors (Lipinski definition) is 3. The minimum Gasteiger partial charge on any atom is -0.480 e. The van der Waals surface area contributed by atoms with Crippen molar-refractivity contribution in [2.45, 2.75) is 83.0 Å². The van der Waals surface area contributed by atoms with Gasteiger partial charge in [0.05, 0.1) is 0 Å². The van der Waals surface area contributed by atoms with Crippen LogP contribution in [-0.2, 0) is 21.8 Å². The predicted octanol–water partition coefficient (Wildman–Crippen LogP) is 6.04. The number of carboxylic acid groups (broad SMARTS) is 2. The second-order valence-corrected chi connectivity index (χ2v) is 9.83. The number of halogens is 1. The van der Waals surface area contributed by atoms with Crippen molar-refractivity contribution in [2.24, 2.45) is 5.41 Å². The lowest BCUT2D eigenvalue weighted by atomic mass is 9.71. The highest BCUT2D eigenvalue weighted by Gasteiger charge is 2.56. The van der Waals surface area contributed by atoms with Gasteiger partial charge in [-0.25, -0.2) is 4.39 Å². The van der Waals surface area contributed by atoms with Gasteiger partial charge >= 0.3 is 11.9 Å². The van der Waals surface area contributed by atoms with Crippen molar-refractivity contribution in [3.05, 3.63) is 59.2 Å². The largest absolute Gasteiger partial charge is 0.480 e. The molecule has 0 aliphatic heterocycles. The highest BCUT2D eigenvalue weighted by molar-refractivity contribution is 5.98. The molecule has 0 heterocycles. The van der Waals surface area contributed by atoms with Gasteiger partial charge in [-0.15, -0.1) is 0 Å². The molecule has 4 rings (SSSR count). The lowest BCUT2D eigenvalue weighted by Crippen LogP contribution is -2.52. The molecule has 2 atom stereocenters. The summed E-state index contributed by atoms with van der Waals surface area (Å²) in [7, 11) is 0. The quantitative estimate of drug-likeness (QED) is 0.201. The third-order valence-electron chi connectivity index (χ3n) is 7.63. The Balaban J connectivity index is 1.56. The third kappa shape index (κ3) is 4.24. The van der Waals surface area contributed by atoms with Gasteiger partial charge in [-0.1, -0.05) is 81.5 Å². The molecule has 0 radical (unpaired) electrons. The molecule has 0 spiro atoms. The number of aliphatic carboxylic acids is 2. The van der Waals surface area contributed by atoms with Crippen molar-refractivity contribution >= 4 is 11.9 Å². The van der Waals surface area contributed by atoms with E-state index in [2.05, 4.69) is 12.2 Å². The van der Waals surface area contributed by atoms with E-state index in [1.807, 2.05) is 42.5 Å². The van der Waals surface area contributed by atoms with Crippen LogP contribution in [0.25, 0.3) is 11.1 Å². The maximum Gasteiger partial charge on any atom is 0.321 e. The first-order valence-electron chi connectivity index (χ1n) is 12.5. The Morgan fingerprint density at radius 3 is 2.32 bits per heavy atom. The molecule has 182 valence electrons. The fraction of sp³-hybridized carbons (Fsp3) is 0.500. The summed E-state index contributed by atoms with van der Waals surface area (Å²) >= 11 is 0. The van der Waals surface area contributed by atoms with Crippen molar-refractivity contribution in [3.63, 3.8) is 0 Å². The van der Waals surface area contributed by atoms with Crippen LogP contribution in [0, 0.1) is 5.41 Å². The SMILES string of the molecule is CCCCCCCCc1c2ccc(-c3ccccc3)c1C2(F)NC1CCC(C(=O)O)(C(=O)O)C1. The summed E-state index contributed by atoms with van der Waals surface area (Å²) < 4.78 is 16.6. The molecule has 0 saturated heterocycles. The van der Waals surface area contributed by atoms with Gasteiger partial charge in [-0.3, -0.25) is 14.9 Å². The molecule has 2 bridgehead atoms. The molecule has 2 aromatic rings. The number of carboxylic acids is 2. The van der Waals surface area contributed by atoms with Gasteiger partial charge in [0.25, 0.3) is 0 Å². The normalized spacial score (nSPS) is 22.4. The van der Waals surface area contributed by atoms with Gasteiger partial charge in [-0.05, 0) is 48.8 Å². The van der Waals surface area contributed by atoms with E-state index in [1.54, 1.807) is 0 Å². The van der Waals surface area contributed by atoms with Crippen LogP contribution in [0.4, 0.5) is 4.39 Å². The monoisotopic (exact) mass is 467 g/mol. The summed E-state index contributed by atoms with van der Waals surface area (Å²) in [6, 6.07) is 13.0. The van der Waals surface area contributed by atoms with Gasteiger partial charge in [0.2, 0.25) is 5.79 Å². The van der Waals surface area contributed by atoms with Crippen molar-refractivity contribution in [3.8, 4) is 11.1 Å². The molecular weight excluding hydrogens is 433 g/mol. The standard InChI is InChI=1S/C28H34FNO4/c1-2-3-4-5-6-10-13-22-23-15-14-21(19-11-8-7-9-12-19)24(22)28(23,29)30-20-16-17-27(18-20,25(31)32)26(33)34/h7-9,11-12,14-15,20,30H,2-6,10,13,16-18H2,1H3,(H,31,32)(H,33,34). The summed E-state index contributed by atoms with van der Waals surface area (Å²) in [6.45, 7) is 2.20. The molecular formula is C28H34FNO4. The van der Waals surface area contributed by atoms with E-state index < -0.39 is 29.2 Å². The number of fused-ring (bicyclic) bond motifs is 2. The van der Waals surface area contributed by atoms with Crippen LogP contribution >= 0.6 is 0 Å². The number of benzene rings is 2. The van der Waals surface area contributed by atoms with Gasteiger partial charge in [0, 0.05) is 17.2 Å². The van der Waals surface area contributed by atoms with Gasteiger partial charge in [0.15, 0.2) is 5.41 Å². The summed E-state index contributed by atoms with van der Waals surface area (Å²) in [5.41, 5.74) is 2.20. The number of unbranched alkanes of at least 4 members (excludes halogenated alkanes) is 5. The Bertz CT molecular complexity index is 1040. The third-order valence-corrected chi connectivity index (χ3v) is 7.63. The summed E-state index contributed by atoms with van der Waals surface area (Å²) in [4.78, 5) is 23.5. The van der Waals surface area contributed by atoms with Crippen LogP contribution in [0.3, 0.4) is 0 Å². The Hall–Kier alpha value is -2.73. The highest BCUT2D eigenvalue weighted by Crippen LogP contribution is 2.53.